The molecule has 0 heterocycles. The molecular weight excluding hydrogens is 226 g/mol. The van der Waals surface area contributed by atoms with Crippen LogP contribution < -0.4 is 5.32 Å². The topological polar surface area (TPSA) is 84.7 Å². The summed E-state index contributed by atoms with van der Waals surface area (Å²) in [7, 11) is 3.05. The van der Waals surface area contributed by atoms with Crippen molar-refractivity contribution in [3.63, 3.8) is 0 Å². The Hall–Kier alpha value is -1.99. The second-order valence-electron chi connectivity index (χ2n) is 3.32. The SMILES string of the molecule is CON(C)CC(=O)Nc1cccc([N+](=O)[O-])c1. The van der Waals surface area contributed by atoms with Crippen molar-refractivity contribution in [1.29, 1.82) is 0 Å². The number of hydrogen-bond donors (Lipinski definition) is 1. The summed E-state index contributed by atoms with van der Waals surface area (Å²) in [6.07, 6.45) is 0. The van der Waals surface area contributed by atoms with Crippen LogP contribution in [0.4, 0.5) is 11.4 Å². The van der Waals surface area contributed by atoms with Gasteiger partial charge in [-0.15, -0.1) is 0 Å². The third-order valence-corrected chi connectivity index (χ3v) is 2.02. The number of nitro benzene ring substituents is 1. The molecule has 0 saturated heterocycles. The monoisotopic (exact) mass is 239 g/mol. The summed E-state index contributed by atoms with van der Waals surface area (Å²) < 4.78 is 0. The maximum absolute atomic E-state index is 11.5. The molecule has 0 saturated carbocycles. The fourth-order valence-corrected chi connectivity index (χ4v) is 1.16. The van der Waals surface area contributed by atoms with Crippen molar-refractivity contribution in [2.75, 3.05) is 26.0 Å². The van der Waals surface area contributed by atoms with Gasteiger partial charge in [0, 0.05) is 24.9 Å². The van der Waals surface area contributed by atoms with Gasteiger partial charge in [0.1, 0.15) is 6.54 Å². The summed E-state index contributed by atoms with van der Waals surface area (Å²) in [5.74, 6) is -0.310. The first-order valence-electron chi connectivity index (χ1n) is 4.82. The van der Waals surface area contributed by atoms with Gasteiger partial charge >= 0.3 is 0 Å². The van der Waals surface area contributed by atoms with Crippen molar-refractivity contribution in [3.8, 4) is 0 Å². The third-order valence-electron chi connectivity index (χ3n) is 2.02. The standard InChI is InChI=1S/C10H13N3O4/c1-12(17-2)7-10(14)11-8-4-3-5-9(6-8)13(15)16/h3-6H,7H2,1-2H3,(H,11,14). The molecule has 1 N–H and O–H groups in total. The molecule has 1 aromatic carbocycles. The maximum Gasteiger partial charge on any atom is 0.271 e. The molecule has 7 heteroatoms. The molecule has 0 spiro atoms. The fourth-order valence-electron chi connectivity index (χ4n) is 1.16. The molecule has 0 atom stereocenters. The molecule has 0 aliphatic heterocycles. The highest BCUT2D eigenvalue weighted by atomic mass is 16.7. The van der Waals surface area contributed by atoms with Gasteiger partial charge < -0.3 is 10.2 Å². The Morgan fingerprint density at radius 2 is 2.29 bits per heavy atom. The Bertz CT molecular complexity index is 422. The highest BCUT2D eigenvalue weighted by molar-refractivity contribution is 5.92. The van der Waals surface area contributed by atoms with Crippen LogP contribution in [-0.2, 0) is 9.63 Å². The lowest BCUT2D eigenvalue weighted by Gasteiger charge is -2.12. The summed E-state index contributed by atoms with van der Waals surface area (Å²) in [4.78, 5) is 26.3. The number of anilines is 1. The number of rotatable bonds is 5. The van der Waals surface area contributed by atoms with Gasteiger partial charge in [-0.1, -0.05) is 6.07 Å². The van der Waals surface area contributed by atoms with E-state index in [-0.39, 0.29) is 18.1 Å². The fraction of sp³-hybridized carbons (Fsp3) is 0.300. The number of hydroxylamine groups is 2. The first-order chi connectivity index (χ1) is 8.02. The van der Waals surface area contributed by atoms with Gasteiger partial charge in [0.15, 0.2) is 0 Å². The number of nitro groups is 1. The van der Waals surface area contributed by atoms with Gasteiger partial charge in [-0.3, -0.25) is 14.9 Å². The number of likely N-dealkylation sites (N-methyl/N-ethyl adjacent to an activating group) is 1. The number of non-ortho nitro benzene ring substituents is 1. The van der Waals surface area contributed by atoms with Gasteiger partial charge in [-0.2, -0.15) is 5.06 Å². The van der Waals surface area contributed by atoms with E-state index in [0.717, 1.165) is 0 Å². The van der Waals surface area contributed by atoms with Crippen molar-refractivity contribution in [3.05, 3.63) is 34.4 Å². The predicted molar refractivity (Wildman–Crippen MR) is 61.4 cm³/mol. The van der Waals surface area contributed by atoms with Crippen LogP contribution in [0.3, 0.4) is 0 Å². The molecule has 1 amide bonds. The zero-order valence-corrected chi connectivity index (χ0v) is 9.54. The van der Waals surface area contributed by atoms with Gasteiger partial charge in [-0.25, -0.2) is 0 Å². The van der Waals surface area contributed by atoms with Crippen molar-refractivity contribution >= 4 is 17.3 Å². The number of amides is 1. The number of hydrogen-bond acceptors (Lipinski definition) is 5. The van der Waals surface area contributed by atoms with Gasteiger partial charge in [-0.05, 0) is 6.07 Å². The second kappa shape index (κ2) is 5.92. The Labute approximate surface area is 98.1 Å². The Kier molecular flexibility index (Phi) is 4.56. The van der Waals surface area contributed by atoms with Gasteiger partial charge in [0.2, 0.25) is 5.91 Å². The highest BCUT2D eigenvalue weighted by Gasteiger charge is 2.09. The van der Waals surface area contributed by atoms with E-state index in [2.05, 4.69) is 5.32 Å². The molecule has 0 aliphatic carbocycles. The lowest BCUT2D eigenvalue weighted by molar-refractivity contribution is -0.384. The number of benzene rings is 1. The molecule has 0 aliphatic rings. The van der Waals surface area contributed by atoms with E-state index in [0.29, 0.717) is 5.69 Å². The lowest BCUT2D eigenvalue weighted by Crippen LogP contribution is -2.29. The summed E-state index contributed by atoms with van der Waals surface area (Å²) in [5, 5.41) is 14.4. The zero-order valence-electron chi connectivity index (χ0n) is 9.54. The van der Waals surface area contributed by atoms with Crippen LogP contribution in [0.2, 0.25) is 0 Å². The van der Waals surface area contributed by atoms with Crippen LogP contribution in [0, 0.1) is 10.1 Å². The summed E-state index contributed by atoms with van der Waals surface area (Å²) >= 11 is 0. The molecule has 0 radical (unpaired) electrons. The van der Waals surface area contributed by atoms with Crippen LogP contribution in [0.25, 0.3) is 0 Å². The first kappa shape index (κ1) is 13.1. The molecule has 7 nitrogen and oxygen atoms in total. The quantitative estimate of drug-likeness (QED) is 0.612. The first-order valence-corrected chi connectivity index (χ1v) is 4.82. The van der Waals surface area contributed by atoms with Gasteiger partial charge in [0.25, 0.3) is 5.69 Å². The van der Waals surface area contributed by atoms with Gasteiger partial charge in [0.05, 0.1) is 12.0 Å². The van der Waals surface area contributed by atoms with Crippen LogP contribution >= 0.6 is 0 Å². The van der Waals surface area contributed by atoms with Crippen LogP contribution in [0.15, 0.2) is 24.3 Å². The average Bonchev–Trinajstić information content (AvgIpc) is 2.28. The average molecular weight is 239 g/mol. The summed E-state index contributed by atoms with van der Waals surface area (Å²) in [6, 6.07) is 5.74. The van der Waals surface area contributed by atoms with E-state index in [1.807, 2.05) is 0 Å². The van der Waals surface area contributed by atoms with E-state index in [4.69, 9.17) is 4.84 Å². The maximum atomic E-state index is 11.5. The third kappa shape index (κ3) is 4.17. The van der Waals surface area contributed by atoms with Crippen molar-refractivity contribution < 1.29 is 14.6 Å². The zero-order chi connectivity index (χ0) is 12.8. The lowest BCUT2D eigenvalue weighted by atomic mass is 10.3. The molecule has 0 bridgehead atoms. The van der Waals surface area contributed by atoms with Crippen molar-refractivity contribution in [2.24, 2.45) is 0 Å². The van der Waals surface area contributed by atoms with E-state index in [9.17, 15) is 14.9 Å². The smallest absolute Gasteiger partial charge is 0.271 e. The molecule has 1 aromatic rings. The van der Waals surface area contributed by atoms with Crippen LogP contribution in [0.1, 0.15) is 0 Å². The van der Waals surface area contributed by atoms with E-state index < -0.39 is 4.92 Å². The molecule has 0 fully saturated rings. The molecule has 92 valence electrons. The largest absolute Gasteiger partial charge is 0.325 e. The minimum Gasteiger partial charge on any atom is -0.325 e. The molecule has 17 heavy (non-hydrogen) atoms. The van der Waals surface area contributed by atoms with Crippen LogP contribution in [-0.4, -0.2) is 36.6 Å². The van der Waals surface area contributed by atoms with E-state index >= 15 is 0 Å². The summed E-state index contributed by atoms with van der Waals surface area (Å²) in [6.45, 7) is 0.0409. The van der Waals surface area contributed by atoms with Crippen LogP contribution in [0.5, 0.6) is 0 Å². The normalized spacial score (nSPS) is 10.3. The number of carbonyl (C=O) groups excluding carboxylic acids is 1. The molecule has 0 aromatic heterocycles. The number of nitrogens with zero attached hydrogens (tertiary/aromatic N) is 2. The Balaban J connectivity index is 2.65. The Morgan fingerprint density at radius 3 is 2.88 bits per heavy atom. The number of nitrogens with one attached hydrogen (secondary N) is 1. The summed E-state index contributed by atoms with van der Waals surface area (Å²) in [5.41, 5.74) is 0.316. The highest BCUT2D eigenvalue weighted by Crippen LogP contribution is 2.16. The minimum absolute atomic E-state index is 0.0409. The van der Waals surface area contributed by atoms with Crippen molar-refractivity contribution in [2.45, 2.75) is 0 Å². The minimum atomic E-state index is -0.517. The molecular formula is C10H13N3O4. The van der Waals surface area contributed by atoms with E-state index in [1.54, 1.807) is 13.1 Å². The molecule has 0 unspecified atom stereocenters. The number of carbonyl (C=O) groups is 1. The van der Waals surface area contributed by atoms with Crippen molar-refractivity contribution in [1.82, 2.24) is 5.06 Å². The molecule has 1 rings (SSSR count). The van der Waals surface area contributed by atoms with E-state index in [1.165, 1.54) is 30.4 Å². The predicted octanol–water partition coefficient (Wildman–Crippen LogP) is 1.03. The second-order valence-corrected chi connectivity index (χ2v) is 3.32. The Morgan fingerprint density at radius 1 is 1.59 bits per heavy atom.